The van der Waals surface area contributed by atoms with Gasteiger partial charge in [-0.25, -0.2) is 0 Å². The van der Waals surface area contributed by atoms with Gasteiger partial charge < -0.3 is 15.8 Å². The second-order valence-corrected chi connectivity index (χ2v) is 3.77. The smallest absolute Gasteiger partial charge is 0.248 e. The molecule has 0 atom stereocenters. The lowest BCUT2D eigenvalue weighted by molar-refractivity contribution is 0.100. The molecule has 0 radical (unpaired) electrons. The summed E-state index contributed by atoms with van der Waals surface area (Å²) in [4.78, 5) is 11.0. The van der Waals surface area contributed by atoms with Crippen molar-refractivity contribution in [3.8, 4) is 5.75 Å². The summed E-state index contributed by atoms with van der Waals surface area (Å²) in [5, 5.41) is 3.21. The fourth-order valence-corrected chi connectivity index (χ4v) is 1.62. The summed E-state index contributed by atoms with van der Waals surface area (Å²) in [5.41, 5.74) is 7.40. The first-order chi connectivity index (χ1) is 8.70. The van der Waals surface area contributed by atoms with Gasteiger partial charge in [0.05, 0.1) is 12.8 Å². The van der Waals surface area contributed by atoms with Crippen molar-refractivity contribution in [2.24, 2.45) is 5.73 Å². The molecule has 18 heavy (non-hydrogen) atoms. The molecule has 0 unspecified atom stereocenters. The summed E-state index contributed by atoms with van der Waals surface area (Å²) in [6.45, 7) is 0. The molecule has 0 aromatic heterocycles. The molecule has 4 nitrogen and oxygen atoms in total. The van der Waals surface area contributed by atoms with Crippen LogP contribution in [0.25, 0.3) is 0 Å². The standard InChI is InChI=1S/C14H14N2O2/c1-18-13-5-3-2-4-12(13)16-11-8-6-10(7-9-11)14(15)17/h2-9,16H,1H3,(H2,15,17). The minimum atomic E-state index is -0.432. The number of nitrogens with two attached hydrogens (primary N) is 1. The van der Waals surface area contributed by atoms with E-state index in [4.69, 9.17) is 10.5 Å². The number of ether oxygens (including phenoxy) is 1. The van der Waals surface area contributed by atoms with Crippen LogP contribution in [0, 0.1) is 0 Å². The Labute approximate surface area is 105 Å². The number of carbonyl (C=O) groups excluding carboxylic acids is 1. The minimum Gasteiger partial charge on any atom is -0.495 e. The zero-order valence-corrected chi connectivity index (χ0v) is 10.0. The van der Waals surface area contributed by atoms with Crippen LogP contribution in [0.2, 0.25) is 0 Å². The van der Waals surface area contributed by atoms with Crippen LogP contribution >= 0.6 is 0 Å². The van der Waals surface area contributed by atoms with E-state index >= 15 is 0 Å². The van der Waals surface area contributed by atoms with Crippen molar-refractivity contribution in [3.63, 3.8) is 0 Å². The first-order valence-corrected chi connectivity index (χ1v) is 5.50. The van der Waals surface area contributed by atoms with Crippen LogP contribution in [-0.4, -0.2) is 13.0 Å². The number of hydrogen-bond acceptors (Lipinski definition) is 3. The number of carbonyl (C=O) groups is 1. The predicted octanol–water partition coefficient (Wildman–Crippen LogP) is 2.54. The van der Waals surface area contributed by atoms with Gasteiger partial charge in [0.1, 0.15) is 5.75 Å². The van der Waals surface area contributed by atoms with Crippen LogP contribution in [0.4, 0.5) is 11.4 Å². The lowest BCUT2D eigenvalue weighted by Gasteiger charge is -2.10. The molecule has 2 aromatic carbocycles. The van der Waals surface area contributed by atoms with Gasteiger partial charge in [-0.1, -0.05) is 12.1 Å². The Kier molecular flexibility index (Phi) is 3.48. The van der Waals surface area contributed by atoms with E-state index < -0.39 is 5.91 Å². The van der Waals surface area contributed by atoms with E-state index in [9.17, 15) is 4.79 Å². The second kappa shape index (κ2) is 5.23. The highest BCUT2D eigenvalue weighted by molar-refractivity contribution is 5.93. The molecule has 0 aliphatic carbocycles. The highest BCUT2D eigenvalue weighted by Crippen LogP contribution is 2.26. The monoisotopic (exact) mass is 242 g/mol. The summed E-state index contributed by atoms with van der Waals surface area (Å²) in [5.74, 6) is 0.329. The van der Waals surface area contributed by atoms with Gasteiger partial charge >= 0.3 is 0 Å². The van der Waals surface area contributed by atoms with Gasteiger partial charge in [-0.15, -0.1) is 0 Å². The molecule has 2 rings (SSSR count). The third-order valence-corrected chi connectivity index (χ3v) is 2.56. The van der Waals surface area contributed by atoms with E-state index in [0.29, 0.717) is 5.56 Å². The third-order valence-electron chi connectivity index (χ3n) is 2.56. The molecule has 1 amide bonds. The van der Waals surface area contributed by atoms with Crippen LogP contribution in [0.15, 0.2) is 48.5 Å². The number of rotatable bonds is 4. The van der Waals surface area contributed by atoms with Crippen molar-refractivity contribution in [2.75, 3.05) is 12.4 Å². The van der Waals surface area contributed by atoms with Crippen LogP contribution in [0.5, 0.6) is 5.75 Å². The maximum absolute atomic E-state index is 11.0. The van der Waals surface area contributed by atoms with Crippen LogP contribution < -0.4 is 15.8 Å². The van der Waals surface area contributed by atoms with Crippen LogP contribution in [-0.2, 0) is 0 Å². The van der Waals surface area contributed by atoms with Crippen LogP contribution in [0.1, 0.15) is 10.4 Å². The fourth-order valence-electron chi connectivity index (χ4n) is 1.62. The molecular formula is C14H14N2O2. The van der Waals surface area contributed by atoms with E-state index in [-0.39, 0.29) is 0 Å². The lowest BCUT2D eigenvalue weighted by Crippen LogP contribution is -2.10. The number of primary amides is 1. The van der Waals surface area contributed by atoms with Gasteiger partial charge in [-0.3, -0.25) is 4.79 Å². The predicted molar refractivity (Wildman–Crippen MR) is 71.2 cm³/mol. The van der Waals surface area contributed by atoms with Gasteiger partial charge in [0, 0.05) is 11.3 Å². The topological polar surface area (TPSA) is 64.3 Å². The summed E-state index contributed by atoms with van der Waals surface area (Å²) < 4.78 is 5.24. The molecular weight excluding hydrogens is 228 g/mol. The van der Waals surface area contributed by atoms with Gasteiger partial charge in [-0.2, -0.15) is 0 Å². The Bertz CT molecular complexity index is 550. The summed E-state index contributed by atoms with van der Waals surface area (Å²) >= 11 is 0. The molecule has 2 aromatic rings. The van der Waals surface area contributed by atoms with Crippen molar-refractivity contribution in [1.29, 1.82) is 0 Å². The molecule has 0 spiro atoms. The number of amides is 1. The first-order valence-electron chi connectivity index (χ1n) is 5.50. The largest absolute Gasteiger partial charge is 0.495 e. The zero-order chi connectivity index (χ0) is 13.0. The maximum atomic E-state index is 11.0. The summed E-state index contributed by atoms with van der Waals surface area (Å²) in [6, 6.07) is 14.6. The Hall–Kier alpha value is -2.49. The second-order valence-electron chi connectivity index (χ2n) is 3.77. The summed E-state index contributed by atoms with van der Waals surface area (Å²) in [7, 11) is 1.62. The maximum Gasteiger partial charge on any atom is 0.248 e. The highest BCUT2D eigenvalue weighted by Gasteiger charge is 2.03. The van der Waals surface area contributed by atoms with Crippen molar-refractivity contribution < 1.29 is 9.53 Å². The average Bonchev–Trinajstić information content (AvgIpc) is 2.40. The number of hydrogen-bond donors (Lipinski definition) is 2. The Morgan fingerprint density at radius 1 is 1.11 bits per heavy atom. The molecule has 3 N–H and O–H groups in total. The van der Waals surface area contributed by atoms with Crippen molar-refractivity contribution in [1.82, 2.24) is 0 Å². The molecule has 0 aliphatic heterocycles. The van der Waals surface area contributed by atoms with E-state index in [0.717, 1.165) is 17.1 Å². The number of para-hydroxylation sites is 2. The number of benzene rings is 2. The number of anilines is 2. The molecule has 92 valence electrons. The molecule has 0 aliphatic rings. The van der Waals surface area contributed by atoms with Crippen LogP contribution in [0.3, 0.4) is 0 Å². The Morgan fingerprint density at radius 2 is 1.78 bits per heavy atom. The average molecular weight is 242 g/mol. The Balaban J connectivity index is 2.21. The van der Waals surface area contributed by atoms with Crippen molar-refractivity contribution >= 4 is 17.3 Å². The lowest BCUT2D eigenvalue weighted by atomic mass is 10.2. The SMILES string of the molecule is COc1ccccc1Nc1ccc(C(N)=O)cc1. The quantitative estimate of drug-likeness (QED) is 0.865. The molecule has 0 saturated heterocycles. The number of nitrogens with one attached hydrogen (secondary N) is 1. The third kappa shape index (κ3) is 2.60. The number of methoxy groups -OCH3 is 1. The summed E-state index contributed by atoms with van der Waals surface area (Å²) in [6.07, 6.45) is 0. The van der Waals surface area contributed by atoms with Crippen molar-refractivity contribution in [2.45, 2.75) is 0 Å². The highest BCUT2D eigenvalue weighted by atomic mass is 16.5. The molecule has 0 bridgehead atoms. The van der Waals surface area contributed by atoms with E-state index in [2.05, 4.69) is 5.32 Å². The van der Waals surface area contributed by atoms with Gasteiger partial charge in [0.15, 0.2) is 0 Å². The zero-order valence-electron chi connectivity index (χ0n) is 10.0. The van der Waals surface area contributed by atoms with E-state index in [1.807, 2.05) is 24.3 Å². The molecule has 0 saturated carbocycles. The molecule has 0 heterocycles. The first kappa shape index (κ1) is 12.0. The fraction of sp³-hybridized carbons (Fsp3) is 0.0714. The Morgan fingerprint density at radius 3 is 2.39 bits per heavy atom. The van der Waals surface area contributed by atoms with E-state index in [1.54, 1.807) is 31.4 Å². The normalized spacial score (nSPS) is 9.83. The van der Waals surface area contributed by atoms with E-state index in [1.165, 1.54) is 0 Å². The van der Waals surface area contributed by atoms with Gasteiger partial charge in [0.25, 0.3) is 0 Å². The minimum absolute atomic E-state index is 0.432. The van der Waals surface area contributed by atoms with Gasteiger partial charge in [0.2, 0.25) is 5.91 Å². The van der Waals surface area contributed by atoms with Gasteiger partial charge in [-0.05, 0) is 36.4 Å². The van der Waals surface area contributed by atoms with Crippen molar-refractivity contribution in [3.05, 3.63) is 54.1 Å². The molecule has 4 heteroatoms. The molecule has 0 fully saturated rings.